The number of aliphatic hydroxyl groups excluding tert-OH is 1. The second kappa shape index (κ2) is 7.11. The van der Waals surface area contributed by atoms with Gasteiger partial charge < -0.3 is 19.9 Å². The second-order valence-corrected chi connectivity index (χ2v) is 5.95. The molecule has 2 N–H and O–H groups in total. The minimum atomic E-state index is -0.608. The monoisotopic (exact) mass is 315 g/mol. The molecule has 0 amide bonds. The van der Waals surface area contributed by atoms with Crippen LogP contribution in [0, 0.1) is 0 Å². The highest BCUT2D eigenvalue weighted by molar-refractivity contribution is 5.94. The van der Waals surface area contributed by atoms with Crippen molar-refractivity contribution in [3.8, 4) is 5.75 Å². The van der Waals surface area contributed by atoms with Crippen LogP contribution in [-0.2, 0) is 11.3 Å². The van der Waals surface area contributed by atoms with Crippen LogP contribution in [-0.4, -0.2) is 35.9 Å². The predicted octanol–water partition coefficient (Wildman–Crippen LogP) is 1.91. The van der Waals surface area contributed by atoms with Crippen molar-refractivity contribution < 1.29 is 19.4 Å². The summed E-state index contributed by atoms with van der Waals surface area (Å²) in [5.74, 6) is 0.281. The van der Waals surface area contributed by atoms with Crippen LogP contribution in [0.25, 0.3) is 0 Å². The number of benzene rings is 1. The second-order valence-electron chi connectivity index (χ2n) is 5.95. The van der Waals surface area contributed by atoms with Crippen LogP contribution in [0.15, 0.2) is 18.2 Å². The molecule has 0 saturated heterocycles. The number of carbonyl (C=O) groups is 1. The molecule has 1 unspecified atom stereocenters. The number of cyclic esters (lactones) is 1. The maximum atomic E-state index is 11.4. The van der Waals surface area contributed by atoms with Crippen molar-refractivity contribution in [1.82, 2.24) is 5.32 Å². The number of hydrogen-bond donors (Lipinski definition) is 2. The van der Waals surface area contributed by atoms with Crippen LogP contribution in [0.2, 0.25) is 0 Å². The zero-order valence-electron chi connectivity index (χ0n) is 12.5. The molecule has 0 spiro atoms. The lowest BCUT2D eigenvalue weighted by atomic mass is 10.1. The highest BCUT2D eigenvalue weighted by atomic mass is 35.5. The van der Waals surface area contributed by atoms with Gasteiger partial charge in [-0.2, -0.15) is 0 Å². The molecule has 118 valence electrons. The summed E-state index contributed by atoms with van der Waals surface area (Å²) in [6, 6.07) is 5.25. The van der Waals surface area contributed by atoms with Crippen molar-refractivity contribution >= 4 is 18.4 Å². The minimum Gasteiger partial charge on any atom is -0.490 e. The third-order valence-corrected chi connectivity index (χ3v) is 3.00. The molecule has 1 aliphatic rings. The van der Waals surface area contributed by atoms with Gasteiger partial charge in [0, 0.05) is 17.6 Å². The number of carbonyl (C=O) groups excluding carboxylic acids is 1. The standard InChI is InChI=1S/C15H21NO4.ClH/c1-15(2,3)16-7-10(17)8-19-13-6-4-5-11-12(13)9-20-14(11)18;/h4-6,10,16-17H,7-9H2,1-3H3;1H. The molecule has 0 aliphatic carbocycles. The number of hydrogen-bond acceptors (Lipinski definition) is 5. The molecule has 1 heterocycles. The van der Waals surface area contributed by atoms with E-state index in [0.717, 1.165) is 5.56 Å². The van der Waals surface area contributed by atoms with E-state index >= 15 is 0 Å². The summed E-state index contributed by atoms with van der Waals surface area (Å²) in [5.41, 5.74) is 1.26. The van der Waals surface area contributed by atoms with E-state index in [2.05, 4.69) is 5.32 Å². The Kier molecular flexibility index (Phi) is 6.01. The van der Waals surface area contributed by atoms with E-state index < -0.39 is 6.10 Å². The van der Waals surface area contributed by atoms with E-state index in [4.69, 9.17) is 9.47 Å². The summed E-state index contributed by atoms with van der Waals surface area (Å²) in [5, 5.41) is 13.1. The van der Waals surface area contributed by atoms with Crippen molar-refractivity contribution in [2.24, 2.45) is 0 Å². The largest absolute Gasteiger partial charge is 0.490 e. The summed E-state index contributed by atoms with van der Waals surface area (Å²) in [6.45, 7) is 6.97. The molecule has 1 aromatic carbocycles. The normalized spacial score (nSPS) is 15.0. The molecule has 1 atom stereocenters. The predicted molar refractivity (Wildman–Crippen MR) is 82.1 cm³/mol. The van der Waals surface area contributed by atoms with Gasteiger partial charge in [0.25, 0.3) is 0 Å². The summed E-state index contributed by atoms with van der Waals surface area (Å²) < 4.78 is 10.6. The van der Waals surface area contributed by atoms with Gasteiger partial charge in [0.1, 0.15) is 25.1 Å². The Morgan fingerprint density at radius 2 is 2.14 bits per heavy atom. The molecule has 21 heavy (non-hydrogen) atoms. The van der Waals surface area contributed by atoms with E-state index in [9.17, 15) is 9.90 Å². The van der Waals surface area contributed by atoms with Gasteiger partial charge in [-0.05, 0) is 32.9 Å². The van der Waals surface area contributed by atoms with Crippen molar-refractivity contribution in [1.29, 1.82) is 0 Å². The lowest BCUT2D eigenvalue weighted by molar-refractivity contribution is 0.0532. The number of fused-ring (bicyclic) bond motifs is 1. The zero-order valence-corrected chi connectivity index (χ0v) is 13.3. The zero-order chi connectivity index (χ0) is 14.8. The fraction of sp³-hybridized carbons (Fsp3) is 0.533. The molecule has 1 aromatic rings. The molecular formula is C15H22ClNO4. The van der Waals surface area contributed by atoms with Crippen LogP contribution in [0.4, 0.5) is 0 Å². The van der Waals surface area contributed by atoms with E-state index in [1.165, 1.54) is 0 Å². The average molecular weight is 316 g/mol. The molecule has 6 heteroatoms. The molecule has 0 radical (unpaired) electrons. The van der Waals surface area contributed by atoms with Gasteiger partial charge in [0.15, 0.2) is 0 Å². The first-order valence-corrected chi connectivity index (χ1v) is 6.72. The number of aliphatic hydroxyl groups is 1. The van der Waals surface area contributed by atoms with Crippen molar-refractivity contribution in [3.05, 3.63) is 29.3 Å². The van der Waals surface area contributed by atoms with Crippen LogP contribution in [0.5, 0.6) is 5.75 Å². The Morgan fingerprint density at radius 1 is 1.43 bits per heavy atom. The smallest absolute Gasteiger partial charge is 0.339 e. The van der Waals surface area contributed by atoms with Crippen LogP contribution in [0.3, 0.4) is 0 Å². The van der Waals surface area contributed by atoms with Crippen LogP contribution >= 0.6 is 12.4 Å². The van der Waals surface area contributed by atoms with Gasteiger partial charge >= 0.3 is 5.97 Å². The SMILES string of the molecule is CC(C)(C)NCC(O)COc1cccc2c1COC2=O.Cl. The van der Waals surface area contributed by atoms with Gasteiger partial charge in [-0.25, -0.2) is 4.79 Å². The number of nitrogens with one attached hydrogen (secondary N) is 1. The highest BCUT2D eigenvalue weighted by Crippen LogP contribution is 2.28. The number of halogens is 1. The maximum absolute atomic E-state index is 11.4. The van der Waals surface area contributed by atoms with Crippen molar-refractivity contribution in [2.45, 2.75) is 39.0 Å². The molecule has 0 bridgehead atoms. The molecule has 2 rings (SSSR count). The summed E-state index contributed by atoms with van der Waals surface area (Å²) in [4.78, 5) is 11.4. The van der Waals surface area contributed by atoms with E-state index in [-0.39, 0.29) is 37.1 Å². The molecule has 0 saturated carbocycles. The molecule has 0 aromatic heterocycles. The molecule has 5 nitrogen and oxygen atoms in total. The van der Waals surface area contributed by atoms with Gasteiger partial charge in [0.2, 0.25) is 0 Å². The Bertz CT molecular complexity index is 499. The van der Waals surface area contributed by atoms with Gasteiger partial charge in [0.05, 0.1) is 5.56 Å². The molecular weight excluding hydrogens is 294 g/mol. The quantitative estimate of drug-likeness (QED) is 0.812. The first-order chi connectivity index (χ1) is 9.37. The fourth-order valence-electron chi connectivity index (χ4n) is 1.93. The Balaban J connectivity index is 0.00000220. The van der Waals surface area contributed by atoms with E-state index in [1.807, 2.05) is 20.8 Å². The Hall–Kier alpha value is -1.30. The van der Waals surface area contributed by atoms with Crippen molar-refractivity contribution in [2.75, 3.05) is 13.2 Å². The first kappa shape index (κ1) is 17.8. The molecule has 1 aliphatic heterocycles. The van der Waals surface area contributed by atoms with Crippen molar-refractivity contribution in [3.63, 3.8) is 0 Å². The summed E-state index contributed by atoms with van der Waals surface area (Å²) in [6.07, 6.45) is -0.608. The fourth-order valence-corrected chi connectivity index (χ4v) is 1.93. The number of esters is 1. The summed E-state index contributed by atoms with van der Waals surface area (Å²) >= 11 is 0. The highest BCUT2D eigenvalue weighted by Gasteiger charge is 2.24. The van der Waals surface area contributed by atoms with Crippen LogP contribution in [0.1, 0.15) is 36.7 Å². The van der Waals surface area contributed by atoms with E-state index in [0.29, 0.717) is 17.9 Å². The average Bonchev–Trinajstić information content (AvgIpc) is 2.76. The lowest BCUT2D eigenvalue weighted by Crippen LogP contribution is -2.42. The number of β-amino-alcohol motifs (C(OH)–C–C–N with tert-alkyl or cyclic N) is 1. The van der Waals surface area contributed by atoms with Gasteiger partial charge in [-0.15, -0.1) is 12.4 Å². The van der Waals surface area contributed by atoms with Gasteiger partial charge in [-0.3, -0.25) is 0 Å². The number of rotatable bonds is 5. The third kappa shape index (κ3) is 4.88. The number of ether oxygens (including phenoxy) is 2. The Morgan fingerprint density at radius 3 is 2.81 bits per heavy atom. The minimum absolute atomic E-state index is 0. The summed E-state index contributed by atoms with van der Waals surface area (Å²) in [7, 11) is 0. The van der Waals surface area contributed by atoms with Crippen LogP contribution < -0.4 is 10.1 Å². The van der Waals surface area contributed by atoms with Gasteiger partial charge in [-0.1, -0.05) is 6.07 Å². The molecule has 0 fully saturated rings. The topological polar surface area (TPSA) is 67.8 Å². The van der Waals surface area contributed by atoms with E-state index in [1.54, 1.807) is 18.2 Å². The third-order valence-electron chi connectivity index (χ3n) is 3.00. The Labute approximate surface area is 131 Å². The first-order valence-electron chi connectivity index (χ1n) is 6.72. The maximum Gasteiger partial charge on any atom is 0.339 e. The lowest BCUT2D eigenvalue weighted by Gasteiger charge is -2.23.